The highest BCUT2D eigenvalue weighted by Crippen LogP contribution is 2.23. The number of halogens is 1. The first kappa shape index (κ1) is 22.4. The van der Waals surface area contributed by atoms with E-state index in [0.717, 1.165) is 11.1 Å². The van der Waals surface area contributed by atoms with Crippen LogP contribution in [0.15, 0.2) is 89.8 Å². The number of carbonyl (C=O) groups is 1. The van der Waals surface area contributed by atoms with Gasteiger partial charge in [0.15, 0.2) is 0 Å². The van der Waals surface area contributed by atoms with Crippen molar-refractivity contribution in [1.29, 1.82) is 0 Å². The molecule has 0 aliphatic rings. The molecule has 0 spiro atoms. The van der Waals surface area contributed by atoms with E-state index in [-0.39, 0.29) is 5.91 Å². The minimum Gasteiger partial charge on any atom is -0.496 e. The zero-order valence-corrected chi connectivity index (χ0v) is 19.4. The SMILES string of the molecule is COc1ccccc1C(=O)Nc1ccc(Cn2cnc(-c3nc(-c4ccc(Cl)cc4)no3)c2)cc1. The van der Waals surface area contributed by atoms with Crippen LogP contribution in [-0.2, 0) is 6.54 Å². The summed E-state index contributed by atoms with van der Waals surface area (Å²) in [6.45, 7) is 0.589. The summed E-state index contributed by atoms with van der Waals surface area (Å²) in [5, 5.41) is 7.57. The molecule has 35 heavy (non-hydrogen) atoms. The van der Waals surface area contributed by atoms with Crippen LogP contribution < -0.4 is 10.1 Å². The highest BCUT2D eigenvalue weighted by atomic mass is 35.5. The van der Waals surface area contributed by atoms with Crippen LogP contribution in [0.4, 0.5) is 5.69 Å². The molecule has 1 amide bonds. The second kappa shape index (κ2) is 9.82. The third-order valence-electron chi connectivity index (χ3n) is 5.31. The Bertz CT molecular complexity index is 1460. The van der Waals surface area contributed by atoms with Gasteiger partial charge in [-0.3, -0.25) is 4.79 Å². The molecule has 0 saturated heterocycles. The van der Waals surface area contributed by atoms with Gasteiger partial charge in [0, 0.05) is 29.0 Å². The Hall–Kier alpha value is -4.43. The summed E-state index contributed by atoms with van der Waals surface area (Å²) < 4.78 is 12.6. The second-order valence-corrected chi connectivity index (χ2v) is 8.15. The Labute approximate surface area is 206 Å². The Morgan fingerprint density at radius 3 is 2.60 bits per heavy atom. The Morgan fingerprint density at radius 2 is 1.83 bits per heavy atom. The molecule has 174 valence electrons. The van der Waals surface area contributed by atoms with Crippen molar-refractivity contribution in [3.63, 3.8) is 0 Å². The van der Waals surface area contributed by atoms with Crippen molar-refractivity contribution in [2.75, 3.05) is 12.4 Å². The molecule has 8 nitrogen and oxygen atoms in total. The van der Waals surface area contributed by atoms with E-state index >= 15 is 0 Å². The number of amides is 1. The summed E-state index contributed by atoms with van der Waals surface area (Å²) in [7, 11) is 1.54. The molecule has 0 unspecified atom stereocenters. The standard InChI is InChI=1S/C26H20ClN5O3/c1-34-23-5-3-2-4-21(23)25(33)29-20-12-6-17(7-13-20)14-32-15-22(28-16-32)26-30-24(31-35-26)18-8-10-19(27)11-9-18/h2-13,15-16H,14H2,1H3,(H,29,33). The van der Waals surface area contributed by atoms with E-state index in [2.05, 4.69) is 20.4 Å². The van der Waals surface area contributed by atoms with Gasteiger partial charge >= 0.3 is 0 Å². The van der Waals surface area contributed by atoms with E-state index in [1.54, 1.807) is 43.8 Å². The molecule has 1 N–H and O–H groups in total. The van der Waals surface area contributed by atoms with Crippen LogP contribution in [0.1, 0.15) is 15.9 Å². The predicted octanol–water partition coefficient (Wildman–Crippen LogP) is 5.56. The summed E-state index contributed by atoms with van der Waals surface area (Å²) in [4.78, 5) is 21.4. The highest BCUT2D eigenvalue weighted by molar-refractivity contribution is 6.30. The smallest absolute Gasteiger partial charge is 0.278 e. The summed E-state index contributed by atoms with van der Waals surface area (Å²) in [6, 6.07) is 21.9. The maximum Gasteiger partial charge on any atom is 0.278 e. The number of benzene rings is 3. The van der Waals surface area contributed by atoms with Crippen LogP contribution in [-0.4, -0.2) is 32.7 Å². The van der Waals surface area contributed by atoms with Crippen LogP contribution >= 0.6 is 11.6 Å². The van der Waals surface area contributed by atoms with Gasteiger partial charge in [0.2, 0.25) is 5.82 Å². The van der Waals surface area contributed by atoms with E-state index in [9.17, 15) is 4.79 Å². The first-order chi connectivity index (χ1) is 17.1. The van der Waals surface area contributed by atoms with Gasteiger partial charge in [0.05, 0.1) is 19.0 Å². The zero-order chi connectivity index (χ0) is 24.2. The third kappa shape index (κ3) is 5.07. The number of anilines is 1. The van der Waals surface area contributed by atoms with Crippen LogP contribution in [0.2, 0.25) is 5.02 Å². The molecular weight excluding hydrogens is 466 g/mol. The lowest BCUT2D eigenvalue weighted by Crippen LogP contribution is -2.13. The number of aromatic nitrogens is 4. The van der Waals surface area contributed by atoms with Gasteiger partial charge in [-0.1, -0.05) is 41.0 Å². The van der Waals surface area contributed by atoms with Crippen LogP contribution in [0.3, 0.4) is 0 Å². The fourth-order valence-electron chi connectivity index (χ4n) is 3.54. The molecule has 0 atom stereocenters. The van der Waals surface area contributed by atoms with Crippen LogP contribution in [0.5, 0.6) is 5.75 Å². The van der Waals surface area contributed by atoms with Crippen molar-refractivity contribution < 1.29 is 14.1 Å². The Balaban J connectivity index is 1.24. The van der Waals surface area contributed by atoms with E-state index in [0.29, 0.717) is 46.0 Å². The van der Waals surface area contributed by atoms with Crippen molar-refractivity contribution in [2.45, 2.75) is 6.54 Å². The van der Waals surface area contributed by atoms with Crippen molar-refractivity contribution in [1.82, 2.24) is 19.7 Å². The van der Waals surface area contributed by atoms with Crippen molar-refractivity contribution in [2.24, 2.45) is 0 Å². The molecule has 0 aliphatic carbocycles. The van der Waals surface area contributed by atoms with Gasteiger partial charge in [-0.25, -0.2) is 4.98 Å². The first-order valence-corrected chi connectivity index (χ1v) is 11.1. The molecule has 9 heteroatoms. The van der Waals surface area contributed by atoms with Crippen molar-refractivity contribution in [3.8, 4) is 28.7 Å². The second-order valence-electron chi connectivity index (χ2n) is 7.71. The Kier molecular flexibility index (Phi) is 6.28. The van der Waals surface area contributed by atoms with Gasteiger partial charge in [0.25, 0.3) is 11.8 Å². The number of ether oxygens (including phenoxy) is 1. The fraction of sp³-hybridized carbons (Fsp3) is 0.0769. The zero-order valence-electron chi connectivity index (χ0n) is 18.7. The summed E-state index contributed by atoms with van der Waals surface area (Å²) >= 11 is 5.94. The number of hydrogen-bond acceptors (Lipinski definition) is 6. The molecule has 0 radical (unpaired) electrons. The van der Waals surface area contributed by atoms with E-state index in [4.69, 9.17) is 20.9 Å². The third-order valence-corrected chi connectivity index (χ3v) is 5.56. The van der Waals surface area contributed by atoms with E-state index in [1.165, 1.54) is 0 Å². The molecule has 2 aromatic heterocycles. The molecule has 3 aromatic carbocycles. The van der Waals surface area contributed by atoms with Gasteiger partial charge in [-0.15, -0.1) is 0 Å². The van der Waals surface area contributed by atoms with Crippen LogP contribution in [0.25, 0.3) is 23.0 Å². The maximum absolute atomic E-state index is 12.6. The van der Waals surface area contributed by atoms with E-state index in [1.807, 2.05) is 53.2 Å². The lowest BCUT2D eigenvalue weighted by molar-refractivity contribution is 0.102. The average molecular weight is 486 g/mol. The number of nitrogens with one attached hydrogen (secondary N) is 1. The molecule has 5 aromatic rings. The molecular formula is C26H20ClN5O3. The van der Waals surface area contributed by atoms with Crippen molar-refractivity contribution >= 4 is 23.2 Å². The lowest BCUT2D eigenvalue weighted by Gasteiger charge is -2.10. The fourth-order valence-corrected chi connectivity index (χ4v) is 3.66. The van der Waals surface area contributed by atoms with Crippen LogP contribution in [0, 0.1) is 0 Å². The number of carbonyl (C=O) groups excluding carboxylic acids is 1. The number of rotatable bonds is 7. The minimum absolute atomic E-state index is 0.230. The number of para-hydroxylation sites is 1. The average Bonchev–Trinajstić information content (AvgIpc) is 3.56. The normalized spacial score (nSPS) is 10.8. The molecule has 5 rings (SSSR count). The largest absolute Gasteiger partial charge is 0.496 e. The maximum atomic E-state index is 12.6. The van der Waals surface area contributed by atoms with Gasteiger partial charge in [-0.05, 0) is 54.1 Å². The topological polar surface area (TPSA) is 95.1 Å². The van der Waals surface area contributed by atoms with Gasteiger partial charge < -0.3 is 19.1 Å². The van der Waals surface area contributed by atoms with Gasteiger partial charge in [-0.2, -0.15) is 4.98 Å². The summed E-state index contributed by atoms with van der Waals surface area (Å²) in [6.07, 6.45) is 3.55. The first-order valence-electron chi connectivity index (χ1n) is 10.7. The predicted molar refractivity (Wildman–Crippen MR) is 132 cm³/mol. The molecule has 0 saturated carbocycles. The van der Waals surface area contributed by atoms with Gasteiger partial charge in [0.1, 0.15) is 11.4 Å². The number of methoxy groups -OCH3 is 1. The summed E-state index contributed by atoms with van der Waals surface area (Å²) in [5.74, 6) is 1.10. The molecule has 0 bridgehead atoms. The monoisotopic (exact) mass is 485 g/mol. The highest BCUT2D eigenvalue weighted by Gasteiger charge is 2.14. The van der Waals surface area contributed by atoms with Crippen molar-refractivity contribution in [3.05, 3.63) is 101 Å². The van der Waals surface area contributed by atoms with E-state index < -0.39 is 0 Å². The lowest BCUT2D eigenvalue weighted by atomic mass is 10.1. The molecule has 2 heterocycles. The molecule has 0 fully saturated rings. The Morgan fingerprint density at radius 1 is 1.06 bits per heavy atom. The number of imidazole rings is 1. The number of hydrogen-bond donors (Lipinski definition) is 1. The quantitative estimate of drug-likeness (QED) is 0.324. The number of nitrogens with zero attached hydrogens (tertiary/aromatic N) is 4. The molecule has 0 aliphatic heterocycles. The minimum atomic E-state index is -0.230. The summed E-state index contributed by atoms with van der Waals surface area (Å²) in [5.41, 5.74) is 3.60.